The minimum atomic E-state index is -0.662. The molecule has 1 aromatic carbocycles. The maximum atomic E-state index is 11.5. The Balaban J connectivity index is 1.90. The molecule has 5 nitrogen and oxygen atoms in total. The predicted molar refractivity (Wildman–Crippen MR) is 82.5 cm³/mol. The summed E-state index contributed by atoms with van der Waals surface area (Å²) in [5.41, 5.74) is 12.6. The van der Waals surface area contributed by atoms with Gasteiger partial charge in [0.05, 0.1) is 12.1 Å². The quantitative estimate of drug-likeness (QED) is 0.701. The third-order valence-electron chi connectivity index (χ3n) is 4.17. The van der Waals surface area contributed by atoms with Gasteiger partial charge in [0.15, 0.2) is 0 Å². The molecule has 2 rings (SSSR count). The van der Waals surface area contributed by atoms with Crippen LogP contribution in [0.2, 0.25) is 0 Å². The van der Waals surface area contributed by atoms with Crippen molar-refractivity contribution in [2.75, 3.05) is 13.1 Å². The van der Waals surface area contributed by atoms with Crippen LogP contribution in [0.5, 0.6) is 0 Å². The molecule has 5 N–H and O–H groups in total. The Labute approximate surface area is 125 Å². The van der Waals surface area contributed by atoms with Gasteiger partial charge >= 0.3 is 0 Å². The van der Waals surface area contributed by atoms with Crippen molar-refractivity contribution < 1.29 is 9.90 Å². The van der Waals surface area contributed by atoms with Crippen LogP contribution in [-0.4, -0.2) is 47.2 Å². The standard InChI is InChI=1S/C16H25N3O2/c17-13(10-12-6-2-1-3-7-12)15(20)11-19-9-5-4-8-14(19)16(18)21/h1-3,6-7,13-15,20H,4-5,8-11,17H2,(H2,18,21). The fourth-order valence-electron chi connectivity index (χ4n) is 2.93. The van der Waals surface area contributed by atoms with Gasteiger partial charge in [-0.15, -0.1) is 0 Å². The van der Waals surface area contributed by atoms with Gasteiger partial charge < -0.3 is 16.6 Å². The molecule has 5 heteroatoms. The molecule has 1 aliphatic heterocycles. The number of hydrogen-bond acceptors (Lipinski definition) is 4. The minimum absolute atomic E-state index is 0.266. The van der Waals surface area contributed by atoms with Gasteiger partial charge in [-0.3, -0.25) is 9.69 Å². The first-order valence-corrected chi connectivity index (χ1v) is 7.59. The number of primary amides is 1. The van der Waals surface area contributed by atoms with E-state index in [0.29, 0.717) is 13.0 Å². The molecule has 3 unspecified atom stereocenters. The lowest BCUT2D eigenvalue weighted by Gasteiger charge is -2.36. The summed E-state index contributed by atoms with van der Waals surface area (Å²) >= 11 is 0. The van der Waals surface area contributed by atoms with Gasteiger partial charge in [-0.05, 0) is 31.4 Å². The highest BCUT2D eigenvalue weighted by Gasteiger charge is 2.29. The number of nitrogens with two attached hydrogens (primary N) is 2. The Bertz CT molecular complexity index is 452. The number of piperidine rings is 1. The molecule has 1 aliphatic rings. The van der Waals surface area contributed by atoms with Crippen LogP contribution in [0.3, 0.4) is 0 Å². The fraction of sp³-hybridized carbons (Fsp3) is 0.562. The number of amides is 1. The Morgan fingerprint density at radius 1 is 1.33 bits per heavy atom. The van der Waals surface area contributed by atoms with Crippen LogP contribution >= 0.6 is 0 Å². The van der Waals surface area contributed by atoms with E-state index in [1.165, 1.54) is 0 Å². The highest BCUT2D eigenvalue weighted by atomic mass is 16.3. The number of nitrogens with zero attached hydrogens (tertiary/aromatic N) is 1. The Kier molecular flexibility index (Phi) is 5.73. The summed E-state index contributed by atoms with van der Waals surface area (Å²) in [4.78, 5) is 13.4. The largest absolute Gasteiger partial charge is 0.390 e. The number of aliphatic hydroxyl groups excluding tert-OH is 1. The second kappa shape index (κ2) is 7.54. The number of β-amino-alcohol motifs (C(OH)–C–C–N with tert-alkyl or cyclic N) is 1. The third kappa shape index (κ3) is 4.52. The zero-order valence-electron chi connectivity index (χ0n) is 12.3. The molecule has 0 saturated carbocycles. The SMILES string of the molecule is NC(=O)C1CCCCN1CC(O)C(N)Cc1ccccc1. The zero-order chi connectivity index (χ0) is 15.2. The van der Waals surface area contributed by atoms with Crippen molar-refractivity contribution in [2.45, 2.75) is 43.9 Å². The second-order valence-corrected chi connectivity index (χ2v) is 5.83. The molecule has 0 spiro atoms. The van der Waals surface area contributed by atoms with Gasteiger partial charge in [-0.25, -0.2) is 0 Å². The van der Waals surface area contributed by atoms with Gasteiger partial charge in [-0.2, -0.15) is 0 Å². The molecule has 116 valence electrons. The summed E-state index contributed by atoms with van der Waals surface area (Å²) in [6, 6.07) is 9.26. The lowest BCUT2D eigenvalue weighted by Crippen LogP contribution is -2.53. The monoisotopic (exact) mass is 291 g/mol. The highest BCUT2D eigenvalue weighted by Crippen LogP contribution is 2.17. The molecule has 1 aromatic rings. The number of aliphatic hydroxyl groups is 1. The molecule has 0 aromatic heterocycles. The minimum Gasteiger partial charge on any atom is -0.390 e. The first-order valence-electron chi connectivity index (χ1n) is 7.59. The van der Waals surface area contributed by atoms with Gasteiger partial charge in [0.2, 0.25) is 5.91 Å². The van der Waals surface area contributed by atoms with Crippen molar-refractivity contribution in [1.29, 1.82) is 0 Å². The van der Waals surface area contributed by atoms with Crippen LogP contribution in [0.25, 0.3) is 0 Å². The molecule has 1 fully saturated rings. The summed E-state index contributed by atoms with van der Waals surface area (Å²) in [5.74, 6) is -0.307. The van der Waals surface area contributed by atoms with Crippen LogP contribution < -0.4 is 11.5 Å². The number of hydrogen-bond donors (Lipinski definition) is 3. The summed E-state index contributed by atoms with van der Waals surface area (Å²) in [5, 5.41) is 10.3. The lowest BCUT2D eigenvalue weighted by molar-refractivity contribution is -0.125. The normalized spacial score (nSPS) is 22.7. The van der Waals surface area contributed by atoms with Gasteiger partial charge in [0, 0.05) is 12.6 Å². The van der Waals surface area contributed by atoms with E-state index >= 15 is 0 Å². The molecule has 1 amide bonds. The van der Waals surface area contributed by atoms with E-state index < -0.39 is 6.10 Å². The van der Waals surface area contributed by atoms with E-state index in [0.717, 1.165) is 31.4 Å². The van der Waals surface area contributed by atoms with E-state index in [1.807, 2.05) is 35.2 Å². The summed E-state index contributed by atoms with van der Waals surface area (Å²) in [6.07, 6.45) is 2.78. The molecule has 0 radical (unpaired) electrons. The van der Waals surface area contributed by atoms with Crippen molar-refractivity contribution in [3.05, 3.63) is 35.9 Å². The predicted octanol–water partition coefficient (Wildman–Crippen LogP) is 0.257. The van der Waals surface area contributed by atoms with E-state index in [-0.39, 0.29) is 18.0 Å². The van der Waals surface area contributed by atoms with Gasteiger partial charge in [-0.1, -0.05) is 36.8 Å². The van der Waals surface area contributed by atoms with Crippen molar-refractivity contribution in [2.24, 2.45) is 11.5 Å². The molecule has 21 heavy (non-hydrogen) atoms. The van der Waals surface area contributed by atoms with Crippen molar-refractivity contribution in [1.82, 2.24) is 4.90 Å². The average molecular weight is 291 g/mol. The first-order chi connectivity index (χ1) is 10.1. The first kappa shape index (κ1) is 15.9. The van der Waals surface area contributed by atoms with E-state index in [4.69, 9.17) is 11.5 Å². The molecular weight excluding hydrogens is 266 g/mol. The fourth-order valence-corrected chi connectivity index (χ4v) is 2.93. The van der Waals surface area contributed by atoms with Crippen molar-refractivity contribution in [3.63, 3.8) is 0 Å². The van der Waals surface area contributed by atoms with Crippen LogP contribution in [0, 0.1) is 0 Å². The maximum Gasteiger partial charge on any atom is 0.234 e. The molecule has 0 bridgehead atoms. The number of rotatable bonds is 6. The zero-order valence-corrected chi connectivity index (χ0v) is 12.3. The Morgan fingerprint density at radius 3 is 2.71 bits per heavy atom. The number of benzene rings is 1. The van der Waals surface area contributed by atoms with Crippen LogP contribution in [0.15, 0.2) is 30.3 Å². The molecule has 3 atom stereocenters. The van der Waals surface area contributed by atoms with Crippen LogP contribution in [-0.2, 0) is 11.2 Å². The Hall–Kier alpha value is -1.43. The summed E-state index contributed by atoms with van der Waals surface area (Å²) < 4.78 is 0. The second-order valence-electron chi connectivity index (χ2n) is 5.83. The molecule has 0 aliphatic carbocycles. The molecule has 1 heterocycles. The van der Waals surface area contributed by atoms with Crippen LogP contribution in [0.4, 0.5) is 0 Å². The molecule has 1 saturated heterocycles. The Morgan fingerprint density at radius 2 is 2.05 bits per heavy atom. The third-order valence-corrected chi connectivity index (χ3v) is 4.17. The number of likely N-dealkylation sites (tertiary alicyclic amines) is 1. The lowest BCUT2D eigenvalue weighted by atomic mass is 9.98. The summed E-state index contributed by atoms with van der Waals surface area (Å²) in [6.45, 7) is 1.20. The van der Waals surface area contributed by atoms with Crippen molar-refractivity contribution >= 4 is 5.91 Å². The maximum absolute atomic E-state index is 11.5. The van der Waals surface area contributed by atoms with E-state index in [9.17, 15) is 9.90 Å². The molecular formula is C16H25N3O2. The topological polar surface area (TPSA) is 92.6 Å². The van der Waals surface area contributed by atoms with Gasteiger partial charge in [0.25, 0.3) is 0 Å². The number of carbonyl (C=O) groups excluding carboxylic acids is 1. The summed E-state index contributed by atoms with van der Waals surface area (Å²) in [7, 11) is 0. The van der Waals surface area contributed by atoms with E-state index in [1.54, 1.807) is 0 Å². The van der Waals surface area contributed by atoms with Crippen molar-refractivity contribution in [3.8, 4) is 0 Å². The smallest absolute Gasteiger partial charge is 0.234 e. The van der Waals surface area contributed by atoms with E-state index in [2.05, 4.69) is 0 Å². The van der Waals surface area contributed by atoms with Gasteiger partial charge in [0.1, 0.15) is 0 Å². The average Bonchev–Trinajstić information content (AvgIpc) is 2.48. The number of carbonyl (C=O) groups is 1. The highest BCUT2D eigenvalue weighted by molar-refractivity contribution is 5.79. The van der Waals surface area contributed by atoms with Crippen LogP contribution in [0.1, 0.15) is 24.8 Å².